The van der Waals surface area contributed by atoms with Crippen molar-refractivity contribution in [3.63, 3.8) is 0 Å². The summed E-state index contributed by atoms with van der Waals surface area (Å²) in [6.07, 6.45) is 1.72. The van der Waals surface area contributed by atoms with Gasteiger partial charge in [0.1, 0.15) is 0 Å². The van der Waals surface area contributed by atoms with E-state index < -0.39 is 0 Å². The van der Waals surface area contributed by atoms with Gasteiger partial charge in [0.25, 0.3) is 0 Å². The van der Waals surface area contributed by atoms with Crippen LogP contribution in [0, 0.1) is 6.92 Å². The molecule has 0 N–H and O–H groups in total. The van der Waals surface area contributed by atoms with E-state index in [1.165, 1.54) is 0 Å². The van der Waals surface area contributed by atoms with Gasteiger partial charge in [-0.05, 0) is 18.0 Å². The zero-order chi connectivity index (χ0) is 10.4. The van der Waals surface area contributed by atoms with Crippen molar-refractivity contribution < 1.29 is 4.74 Å². The molecule has 0 unspecified atom stereocenters. The van der Waals surface area contributed by atoms with Gasteiger partial charge >= 0.3 is 0 Å². The summed E-state index contributed by atoms with van der Waals surface area (Å²) in [6.45, 7) is 3.66. The van der Waals surface area contributed by atoms with E-state index in [2.05, 4.69) is 15.1 Å². The van der Waals surface area contributed by atoms with Gasteiger partial charge in [-0.2, -0.15) is 5.10 Å². The molecule has 0 radical (unpaired) electrons. The lowest BCUT2D eigenvalue weighted by Crippen LogP contribution is -2.07. The molecular formula is C8H13N5O. The van der Waals surface area contributed by atoms with Crippen LogP contribution in [-0.4, -0.2) is 23.5 Å². The Labute approximate surface area is 82.1 Å². The highest BCUT2D eigenvalue weighted by molar-refractivity contribution is 5.15. The van der Waals surface area contributed by atoms with Gasteiger partial charge in [-0.25, -0.2) is 0 Å². The Bertz CT molecular complexity index is 340. The van der Waals surface area contributed by atoms with Crippen LogP contribution in [0.25, 0.3) is 10.4 Å². The molecule has 1 heterocycles. The number of nitrogens with zero attached hydrogens (tertiary/aromatic N) is 5. The van der Waals surface area contributed by atoms with Crippen LogP contribution in [0.2, 0.25) is 0 Å². The highest BCUT2D eigenvalue weighted by Crippen LogP contribution is 2.08. The van der Waals surface area contributed by atoms with Crippen molar-refractivity contribution in [1.29, 1.82) is 0 Å². The third-order valence-electron chi connectivity index (χ3n) is 2.02. The molecule has 0 aliphatic carbocycles. The Morgan fingerprint density at radius 1 is 1.71 bits per heavy atom. The number of aromatic nitrogens is 2. The SMILES string of the molecule is COCCn1ncc(CN=[N+]=[N-])c1C. The molecule has 0 bridgehead atoms. The predicted molar refractivity (Wildman–Crippen MR) is 51.7 cm³/mol. The van der Waals surface area contributed by atoms with Gasteiger partial charge in [0, 0.05) is 17.7 Å². The third kappa shape index (κ3) is 2.48. The van der Waals surface area contributed by atoms with Crippen LogP contribution >= 0.6 is 0 Å². The molecule has 0 fully saturated rings. The van der Waals surface area contributed by atoms with Crippen molar-refractivity contribution in [2.24, 2.45) is 5.11 Å². The van der Waals surface area contributed by atoms with Crippen LogP contribution in [-0.2, 0) is 17.8 Å². The second-order valence-electron chi connectivity index (χ2n) is 2.86. The largest absolute Gasteiger partial charge is 0.383 e. The van der Waals surface area contributed by atoms with Gasteiger partial charge in [-0.1, -0.05) is 5.11 Å². The van der Waals surface area contributed by atoms with Crippen molar-refractivity contribution >= 4 is 0 Å². The van der Waals surface area contributed by atoms with Gasteiger partial charge in [-0.15, -0.1) is 0 Å². The molecule has 14 heavy (non-hydrogen) atoms. The molecule has 1 aromatic rings. The van der Waals surface area contributed by atoms with Crippen LogP contribution in [0.5, 0.6) is 0 Å². The summed E-state index contributed by atoms with van der Waals surface area (Å²) in [7, 11) is 1.65. The minimum absolute atomic E-state index is 0.356. The molecule has 0 aromatic carbocycles. The number of methoxy groups -OCH3 is 1. The molecule has 1 rings (SSSR count). The molecule has 0 aliphatic heterocycles. The standard InChI is InChI=1S/C8H13N5O/c1-7-8(5-10-12-9)6-11-13(7)3-4-14-2/h6H,3-5H2,1-2H3. The molecule has 0 aliphatic rings. The highest BCUT2D eigenvalue weighted by atomic mass is 16.5. The summed E-state index contributed by atoms with van der Waals surface area (Å²) in [5.41, 5.74) is 10.2. The summed E-state index contributed by atoms with van der Waals surface area (Å²) in [5, 5.41) is 7.65. The lowest BCUT2D eigenvalue weighted by molar-refractivity contribution is 0.183. The summed E-state index contributed by atoms with van der Waals surface area (Å²) >= 11 is 0. The minimum atomic E-state index is 0.356. The molecule has 0 spiro atoms. The third-order valence-corrected chi connectivity index (χ3v) is 2.02. The van der Waals surface area contributed by atoms with Gasteiger partial charge in [0.2, 0.25) is 0 Å². The lowest BCUT2D eigenvalue weighted by Gasteiger charge is -2.03. The van der Waals surface area contributed by atoms with E-state index >= 15 is 0 Å². The fourth-order valence-corrected chi connectivity index (χ4v) is 1.15. The normalized spacial score (nSPS) is 9.86. The minimum Gasteiger partial charge on any atom is -0.383 e. The van der Waals surface area contributed by atoms with Crippen molar-refractivity contribution in [3.8, 4) is 0 Å². The van der Waals surface area contributed by atoms with Crippen LogP contribution in [0.15, 0.2) is 11.3 Å². The molecule has 0 amide bonds. The van der Waals surface area contributed by atoms with E-state index in [1.54, 1.807) is 13.3 Å². The average molecular weight is 195 g/mol. The van der Waals surface area contributed by atoms with E-state index in [1.807, 2.05) is 11.6 Å². The maximum atomic E-state index is 8.18. The summed E-state index contributed by atoms with van der Waals surface area (Å²) in [4.78, 5) is 2.71. The van der Waals surface area contributed by atoms with E-state index in [0.717, 1.165) is 17.8 Å². The Hall–Kier alpha value is -1.52. The molecule has 0 saturated heterocycles. The predicted octanol–water partition coefficient (Wildman–Crippen LogP) is 1.65. The van der Waals surface area contributed by atoms with E-state index in [0.29, 0.717) is 13.2 Å². The van der Waals surface area contributed by atoms with E-state index in [-0.39, 0.29) is 0 Å². The van der Waals surface area contributed by atoms with Crippen molar-refractivity contribution in [2.45, 2.75) is 20.0 Å². The van der Waals surface area contributed by atoms with Crippen molar-refractivity contribution in [1.82, 2.24) is 9.78 Å². The average Bonchev–Trinajstić information content (AvgIpc) is 2.54. The zero-order valence-corrected chi connectivity index (χ0v) is 8.34. The highest BCUT2D eigenvalue weighted by Gasteiger charge is 2.04. The number of ether oxygens (including phenoxy) is 1. The molecule has 6 heteroatoms. The first-order chi connectivity index (χ1) is 6.79. The first kappa shape index (κ1) is 10.6. The molecule has 0 saturated carbocycles. The zero-order valence-electron chi connectivity index (χ0n) is 8.34. The van der Waals surface area contributed by atoms with E-state index in [9.17, 15) is 0 Å². The number of hydrogen-bond donors (Lipinski definition) is 0. The van der Waals surface area contributed by atoms with Crippen LogP contribution < -0.4 is 0 Å². The van der Waals surface area contributed by atoms with E-state index in [4.69, 9.17) is 10.3 Å². The second-order valence-corrected chi connectivity index (χ2v) is 2.86. The topological polar surface area (TPSA) is 75.8 Å². The molecule has 0 atom stereocenters. The maximum Gasteiger partial charge on any atom is 0.0658 e. The maximum absolute atomic E-state index is 8.18. The molecule has 76 valence electrons. The number of hydrogen-bond acceptors (Lipinski definition) is 3. The summed E-state index contributed by atoms with van der Waals surface area (Å²) in [5.74, 6) is 0. The Kier molecular flexibility index (Phi) is 3.97. The van der Waals surface area contributed by atoms with Crippen LogP contribution in [0.4, 0.5) is 0 Å². The Morgan fingerprint density at radius 3 is 3.14 bits per heavy atom. The number of rotatable bonds is 5. The Morgan fingerprint density at radius 2 is 2.50 bits per heavy atom. The first-order valence-electron chi connectivity index (χ1n) is 4.30. The van der Waals surface area contributed by atoms with Crippen molar-refractivity contribution in [3.05, 3.63) is 27.9 Å². The monoisotopic (exact) mass is 195 g/mol. The summed E-state index contributed by atoms with van der Waals surface area (Å²) < 4.78 is 6.79. The fraction of sp³-hybridized carbons (Fsp3) is 0.625. The molecular weight excluding hydrogens is 182 g/mol. The quantitative estimate of drug-likeness (QED) is 0.407. The van der Waals surface area contributed by atoms with Gasteiger partial charge in [0.15, 0.2) is 0 Å². The Balaban J connectivity index is 2.69. The molecule has 6 nitrogen and oxygen atoms in total. The van der Waals surface area contributed by atoms with Gasteiger partial charge in [-0.3, -0.25) is 4.68 Å². The van der Waals surface area contributed by atoms with Crippen LogP contribution in [0.3, 0.4) is 0 Å². The second kappa shape index (κ2) is 5.26. The van der Waals surface area contributed by atoms with Crippen molar-refractivity contribution in [2.75, 3.05) is 13.7 Å². The smallest absolute Gasteiger partial charge is 0.0658 e. The fourth-order valence-electron chi connectivity index (χ4n) is 1.15. The van der Waals surface area contributed by atoms with Gasteiger partial charge < -0.3 is 4.74 Å². The van der Waals surface area contributed by atoms with Gasteiger partial charge in [0.05, 0.1) is 25.9 Å². The first-order valence-corrected chi connectivity index (χ1v) is 4.30. The number of azide groups is 1. The van der Waals surface area contributed by atoms with Crippen LogP contribution in [0.1, 0.15) is 11.3 Å². The molecule has 1 aromatic heterocycles. The summed E-state index contributed by atoms with van der Waals surface area (Å²) in [6, 6.07) is 0. The lowest BCUT2D eigenvalue weighted by atomic mass is 10.3.